The van der Waals surface area contributed by atoms with Gasteiger partial charge < -0.3 is 0 Å². The first-order valence-corrected chi connectivity index (χ1v) is 0. The standard InChI is InChI=1S/Fe.Mg.Ni.V. The Balaban J connectivity index is 0. The van der Waals surface area contributed by atoms with Crippen molar-refractivity contribution in [2.24, 2.45) is 0 Å². The molecule has 0 saturated carbocycles. The average molecular weight is 190 g/mol. The van der Waals surface area contributed by atoms with Crippen LogP contribution in [-0.2, 0) is 52.1 Å². The van der Waals surface area contributed by atoms with Crippen molar-refractivity contribution in [3.63, 3.8) is 0 Å². The minimum atomic E-state index is 0. The summed E-state index contributed by atoms with van der Waals surface area (Å²) >= 11 is 0. The zero-order chi connectivity index (χ0) is 0. The van der Waals surface area contributed by atoms with Gasteiger partial charge in [0.2, 0.25) is 0 Å². The molecule has 0 nitrogen and oxygen atoms in total. The van der Waals surface area contributed by atoms with Crippen molar-refractivity contribution in [1.29, 1.82) is 0 Å². The molecule has 0 unspecified atom stereocenters. The van der Waals surface area contributed by atoms with Crippen LogP contribution < -0.4 is 0 Å². The maximum atomic E-state index is 0. The summed E-state index contributed by atoms with van der Waals surface area (Å²) in [7, 11) is 0. The van der Waals surface area contributed by atoms with E-state index in [1.54, 1.807) is 0 Å². The van der Waals surface area contributed by atoms with Gasteiger partial charge in [-0.2, -0.15) is 0 Å². The van der Waals surface area contributed by atoms with E-state index >= 15 is 0 Å². The minimum absolute atomic E-state index is 0. The third kappa shape index (κ3) is 8.84. The molecule has 0 bridgehead atoms. The Hall–Kier alpha value is 2.36. The summed E-state index contributed by atoms with van der Waals surface area (Å²) in [6, 6.07) is 0. The van der Waals surface area contributed by atoms with Crippen molar-refractivity contribution in [1.82, 2.24) is 0 Å². The van der Waals surface area contributed by atoms with Crippen molar-refractivity contribution in [3.05, 3.63) is 0 Å². The van der Waals surface area contributed by atoms with E-state index in [9.17, 15) is 0 Å². The third-order valence-electron chi connectivity index (χ3n) is 0. The summed E-state index contributed by atoms with van der Waals surface area (Å²) in [5.74, 6) is 0. The second kappa shape index (κ2) is 18.3. The molecule has 4 heteroatoms. The van der Waals surface area contributed by atoms with Crippen LogP contribution in [-0.4, -0.2) is 23.1 Å². The Kier molecular flexibility index (Phi) is 150. The van der Waals surface area contributed by atoms with Crippen LogP contribution in [0.3, 0.4) is 0 Å². The van der Waals surface area contributed by atoms with E-state index in [-0.39, 0.29) is 75.2 Å². The third-order valence-corrected chi connectivity index (χ3v) is 0. The van der Waals surface area contributed by atoms with Gasteiger partial charge in [0.1, 0.15) is 0 Å². The molecule has 0 atom stereocenters. The first kappa shape index (κ1) is 32.8. The molecule has 0 rings (SSSR count). The first-order chi connectivity index (χ1) is 0. The zero-order valence-electron chi connectivity index (χ0n) is 1.82. The van der Waals surface area contributed by atoms with Crippen LogP contribution in [0.25, 0.3) is 0 Å². The Bertz CT molecular complexity index is 8.00. The fourth-order valence-corrected chi connectivity index (χ4v) is 0. The normalized spacial score (nSPS) is 0. The SMILES string of the molecule is [Fe].[Mg].[Ni].[V]. The fourth-order valence-electron chi connectivity index (χ4n) is 0. The Morgan fingerprint density at radius 3 is 1.00 bits per heavy atom. The summed E-state index contributed by atoms with van der Waals surface area (Å²) in [6.45, 7) is 0. The molecule has 0 aromatic carbocycles. The smallest absolute Gasteiger partial charge is 0 e. The van der Waals surface area contributed by atoms with Crippen molar-refractivity contribution in [2.45, 2.75) is 0 Å². The molecule has 4 heavy (non-hydrogen) atoms. The summed E-state index contributed by atoms with van der Waals surface area (Å²) in [5, 5.41) is 0. The van der Waals surface area contributed by atoms with Gasteiger partial charge in [0.15, 0.2) is 0 Å². The molecule has 0 heterocycles. The van der Waals surface area contributed by atoms with Gasteiger partial charge in [-0.25, -0.2) is 0 Å². The number of rotatable bonds is 0. The van der Waals surface area contributed by atoms with Crippen molar-refractivity contribution in [2.75, 3.05) is 0 Å². The van der Waals surface area contributed by atoms with Gasteiger partial charge in [0.05, 0.1) is 0 Å². The van der Waals surface area contributed by atoms with Crippen LogP contribution in [0, 0.1) is 0 Å². The molecule has 0 aliphatic carbocycles. The van der Waals surface area contributed by atoms with Crippen LogP contribution in [0.5, 0.6) is 0 Å². The molecule has 0 amide bonds. The molecule has 0 aliphatic rings. The molecule has 0 aromatic rings. The summed E-state index contributed by atoms with van der Waals surface area (Å²) in [5.41, 5.74) is 0. The molecule has 25 valence electrons. The second-order valence-corrected chi connectivity index (χ2v) is 0. The monoisotopic (exact) mass is 189 g/mol. The minimum Gasteiger partial charge on any atom is 0 e. The average Bonchev–Trinajstić information content (AvgIpc) is 0. The van der Waals surface area contributed by atoms with Gasteiger partial charge in [0.25, 0.3) is 0 Å². The van der Waals surface area contributed by atoms with E-state index in [0.29, 0.717) is 0 Å². The van der Waals surface area contributed by atoms with Gasteiger partial charge in [-0.05, 0) is 0 Å². The Morgan fingerprint density at radius 2 is 1.00 bits per heavy atom. The van der Waals surface area contributed by atoms with Crippen molar-refractivity contribution >= 4 is 23.1 Å². The maximum absolute atomic E-state index is 0. The van der Waals surface area contributed by atoms with E-state index in [1.807, 2.05) is 0 Å². The largest absolute Gasteiger partial charge is 0 e. The molecular weight excluding hydrogens is 190 g/mol. The van der Waals surface area contributed by atoms with E-state index < -0.39 is 0 Å². The predicted octanol–water partition coefficient (Wildman–Crippen LogP) is -0.388. The topological polar surface area (TPSA) is 0 Å². The van der Waals surface area contributed by atoms with Crippen LogP contribution in [0.15, 0.2) is 0 Å². The second-order valence-electron chi connectivity index (χ2n) is 0. The predicted molar refractivity (Wildman–Crippen MR) is 5.75 cm³/mol. The van der Waals surface area contributed by atoms with Crippen LogP contribution in [0.4, 0.5) is 0 Å². The zero-order valence-corrected chi connectivity index (χ0v) is 6.73. The molecule has 0 spiro atoms. The van der Waals surface area contributed by atoms with Crippen molar-refractivity contribution in [3.8, 4) is 0 Å². The summed E-state index contributed by atoms with van der Waals surface area (Å²) < 4.78 is 0. The quantitative estimate of drug-likeness (QED) is 0.456. The van der Waals surface area contributed by atoms with Gasteiger partial charge in [-0.15, -0.1) is 0 Å². The molecule has 0 aliphatic heterocycles. The number of hydrogen-bond acceptors (Lipinski definition) is 0. The fraction of sp³-hybridized carbons (Fsp3) is 0. The van der Waals surface area contributed by atoms with E-state index in [1.165, 1.54) is 0 Å². The van der Waals surface area contributed by atoms with Gasteiger partial charge in [-0.3, -0.25) is 0 Å². The van der Waals surface area contributed by atoms with E-state index in [0.717, 1.165) is 0 Å². The summed E-state index contributed by atoms with van der Waals surface area (Å²) in [4.78, 5) is 0. The van der Waals surface area contributed by atoms with E-state index in [4.69, 9.17) is 0 Å². The van der Waals surface area contributed by atoms with Crippen LogP contribution >= 0.6 is 0 Å². The number of hydrogen-bond donors (Lipinski definition) is 0. The van der Waals surface area contributed by atoms with Gasteiger partial charge >= 0.3 is 0 Å². The molecule has 0 aromatic heterocycles. The summed E-state index contributed by atoms with van der Waals surface area (Å²) in [6.07, 6.45) is 0. The van der Waals surface area contributed by atoms with E-state index in [2.05, 4.69) is 0 Å². The molecule has 0 N–H and O–H groups in total. The van der Waals surface area contributed by atoms with Gasteiger partial charge in [0, 0.05) is 75.2 Å². The molecule has 0 fully saturated rings. The Morgan fingerprint density at radius 1 is 1.00 bits per heavy atom. The Labute approximate surface area is 74.3 Å². The molecule has 0 saturated heterocycles. The first-order valence-electron chi connectivity index (χ1n) is 0. The maximum Gasteiger partial charge on any atom is 0 e. The van der Waals surface area contributed by atoms with Gasteiger partial charge in [-0.1, -0.05) is 0 Å². The van der Waals surface area contributed by atoms with Crippen LogP contribution in [0.2, 0.25) is 0 Å². The molecule has 3 radical (unpaired) electrons. The van der Waals surface area contributed by atoms with Crippen molar-refractivity contribution < 1.29 is 52.1 Å². The molecular formula is FeMgNiV. The van der Waals surface area contributed by atoms with Crippen LogP contribution in [0.1, 0.15) is 0 Å².